The Morgan fingerprint density at radius 2 is 1.86 bits per heavy atom. The third-order valence-electron chi connectivity index (χ3n) is 6.43. The number of aromatic nitrogens is 1. The number of benzene rings is 2. The van der Waals surface area contributed by atoms with Gasteiger partial charge in [0.05, 0.1) is 16.3 Å². The van der Waals surface area contributed by atoms with E-state index >= 15 is 0 Å². The van der Waals surface area contributed by atoms with Gasteiger partial charge in [0, 0.05) is 20.0 Å². The van der Waals surface area contributed by atoms with Gasteiger partial charge in [-0.25, -0.2) is 4.79 Å². The Morgan fingerprint density at radius 1 is 1.16 bits per heavy atom. The van der Waals surface area contributed by atoms with Gasteiger partial charge in [-0.15, -0.1) is 0 Å². The maximum absolute atomic E-state index is 13.1. The molecule has 0 radical (unpaired) electrons. The first-order valence-electron chi connectivity index (χ1n) is 12.4. The molecule has 8 nitrogen and oxygen atoms in total. The van der Waals surface area contributed by atoms with Crippen LogP contribution in [0.2, 0.25) is 0 Å². The van der Waals surface area contributed by atoms with Gasteiger partial charge in [0.1, 0.15) is 17.7 Å². The van der Waals surface area contributed by atoms with E-state index in [9.17, 15) is 19.6 Å². The lowest BCUT2D eigenvalue weighted by molar-refractivity contribution is -0.128. The highest BCUT2D eigenvalue weighted by Crippen LogP contribution is 2.26. The van der Waals surface area contributed by atoms with Gasteiger partial charge in [-0.05, 0) is 68.9 Å². The van der Waals surface area contributed by atoms with Gasteiger partial charge in [0.2, 0.25) is 5.91 Å². The van der Waals surface area contributed by atoms with Gasteiger partial charge in [-0.2, -0.15) is 5.26 Å². The Morgan fingerprint density at radius 3 is 2.54 bits per heavy atom. The van der Waals surface area contributed by atoms with Crippen molar-refractivity contribution >= 4 is 33.6 Å². The number of fused-ring (bicyclic) bond motifs is 1. The SMILES string of the molecule is Cn1c(=O)sc2cc(-c3ccc(CC(C#N)NC(=O)C4CCCCN4C(=O)OC(C)(C)C)cc3)ccc21. The molecule has 0 saturated carbocycles. The van der Waals surface area contributed by atoms with Crippen LogP contribution < -0.4 is 10.2 Å². The van der Waals surface area contributed by atoms with Crippen LogP contribution in [0.15, 0.2) is 47.3 Å². The molecule has 4 rings (SSSR count). The number of nitrogens with zero attached hydrogens (tertiary/aromatic N) is 3. The molecule has 1 fully saturated rings. The summed E-state index contributed by atoms with van der Waals surface area (Å²) in [6, 6.07) is 14.6. The molecule has 194 valence electrons. The molecule has 1 aromatic heterocycles. The van der Waals surface area contributed by atoms with E-state index in [1.165, 1.54) is 16.2 Å². The molecule has 3 aromatic rings. The summed E-state index contributed by atoms with van der Waals surface area (Å²) in [5.41, 5.74) is 3.18. The number of piperidine rings is 1. The highest BCUT2D eigenvalue weighted by Gasteiger charge is 2.35. The molecule has 2 heterocycles. The van der Waals surface area contributed by atoms with E-state index in [0.717, 1.165) is 39.7 Å². The van der Waals surface area contributed by atoms with Crippen molar-refractivity contribution in [3.63, 3.8) is 0 Å². The average molecular weight is 521 g/mol. The summed E-state index contributed by atoms with van der Waals surface area (Å²) in [5, 5.41) is 12.6. The maximum Gasteiger partial charge on any atom is 0.410 e. The standard InChI is InChI=1S/C28H32N4O4S/c1-28(2,3)36-26(34)32-14-6-5-7-23(32)25(33)30-21(17-29)15-18-8-10-19(11-9-18)20-12-13-22-24(16-20)37-27(35)31(22)4/h8-13,16,21,23H,5-7,14-15H2,1-4H3,(H,30,33). The molecule has 9 heteroatoms. The normalized spacial score (nSPS) is 16.7. The van der Waals surface area contributed by atoms with Crippen LogP contribution in [-0.4, -0.2) is 45.7 Å². The Hall–Kier alpha value is -3.64. The van der Waals surface area contributed by atoms with E-state index in [1.54, 1.807) is 32.4 Å². The first-order chi connectivity index (χ1) is 17.6. The largest absolute Gasteiger partial charge is 0.444 e. The average Bonchev–Trinajstić information content (AvgIpc) is 3.15. The number of nitrogens with one attached hydrogen (secondary N) is 1. The predicted octanol–water partition coefficient (Wildman–Crippen LogP) is 4.61. The molecule has 2 aromatic carbocycles. The van der Waals surface area contributed by atoms with Crippen LogP contribution in [-0.2, 0) is 23.0 Å². The Labute approximate surface area is 220 Å². The number of thiazole rings is 1. The van der Waals surface area contributed by atoms with E-state index in [1.807, 2.05) is 42.5 Å². The number of nitriles is 1. The Bertz CT molecular complexity index is 1390. The molecule has 2 unspecified atom stereocenters. The number of carbonyl (C=O) groups is 2. The summed E-state index contributed by atoms with van der Waals surface area (Å²) in [6.07, 6.45) is 2.03. The molecule has 0 spiro atoms. The number of amides is 2. The van der Waals surface area contributed by atoms with Crippen LogP contribution in [0.5, 0.6) is 0 Å². The van der Waals surface area contributed by atoms with Gasteiger partial charge in [-0.3, -0.25) is 14.5 Å². The maximum atomic E-state index is 13.1. The second-order valence-electron chi connectivity index (χ2n) is 10.4. The zero-order chi connectivity index (χ0) is 26.7. The minimum absolute atomic E-state index is 0.00883. The van der Waals surface area contributed by atoms with E-state index in [-0.39, 0.29) is 10.8 Å². The lowest BCUT2D eigenvalue weighted by atomic mass is 9.99. The molecule has 1 aliphatic heterocycles. The molecule has 0 aliphatic carbocycles. The molecule has 0 bridgehead atoms. The van der Waals surface area contributed by atoms with Gasteiger partial charge >= 0.3 is 11.0 Å². The number of likely N-dealkylation sites (tertiary alicyclic amines) is 1. The minimum Gasteiger partial charge on any atom is -0.444 e. The van der Waals surface area contributed by atoms with E-state index in [2.05, 4.69) is 11.4 Å². The summed E-state index contributed by atoms with van der Waals surface area (Å²) in [4.78, 5) is 39.2. The van der Waals surface area contributed by atoms with Crippen LogP contribution in [0, 0.1) is 11.3 Å². The Kier molecular flexibility index (Phi) is 7.69. The van der Waals surface area contributed by atoms with Crippen molar-refractivity contribution in [2.24, 2.45) is 7.05 Å². The summed E-state index contributed by atoms with van der Waals surface area (Å²) < 4.78 is 8.07. The fourth-order valence-electron chi connectivity index (χ4n) is 4.52. The van der Waals surface area contributed by atoms with Crippen molar-refractivity contribution in [2.45, 2.75) is 64.1 Å². The van der Waals surface area contributed by atoms with Gasteiger partial charge in [0.15, 0.2) is 0 Å². The van der Waals surface area contributed by atoms with Crippen LogP contribution in [0.3, 0.4) is 0 Å². The van der Waals surface area contributed by atoms with Crippen molar-refractivity contribution in [2.75, 3.05) is 6.54 Å². The first-order valence-corrected chi connectivity index (χ1v) is 13.3. The summed E-state index contributed by atoms with van der Waals surface area (Å²) in [5.74, 6) is -0.330. The second-order valence-corrected chi connectivity index (χ2v) is 11.4. The zero-order valence-corrected chi connectivity index (χ0v) is 22.4. The van der Waals surface area contributed by atoms with Crippen LogP contribution in [0.25, 0.3) is 21.3 Å². The number of aryl methyl sites for hydroxylation is 1. The second kappa shape index (κ2) is 10.8. The number of hydrogen-bond donors (Lipinski definition) is 1. The lowest BCUT2D eigenvalue weighted by Crippen LogP contribution is -2.54. The van der Waals surface area contributed by atoms with Crippen molar-refractivity contribution < 1.29 is 14.3 Å². The molecule has 2 amide bonds. The number of hydrogen-bond acceptors (Lipinski definition) is 6. The highest BCUT2D eigenvalue weighted by molar-refractivity contribution is 7.16. The van der Waals surface area contributed by atoms with Crippen LogP contribution >= 0.6 is 11.3 Å². The monoisotopic (exact) mass is 520 g/mol. The topological polar surface area (TPSA) is 104 Å². The van der Waals surface area contributed by atoms with Crippen molar-refractivity contribution in [1.82, 2.24) is 14.8 Å². The van der Waals surface area contributed by atoms with Crippen LogP contribution in [0.1, 0.15) is 45.6 Å². The van der Waals surface area contributed by atoms with Gasteiger partial charge in [0.25, 0.3) is 0 Å². The third-order valence-corrected chi connectivity index (χ3v) is 7.42. The first kappa shape index (κ1) is 26.4. The lowest BCUT2D eigenvalue weighted by Gasteiger charge is -2.36. The van der Waals surface area contributed by atoms with Crippen molar-refractivity contribution in [1.29, 1.82) is 5.26 Å². The zero-order valence-electron chi connectivity index (χ0n) is 21.6. The number of ether oxygens (including phenoxy) is 1. The molecule has 1 saturated heterocycles. The quantitative estimate of drug-likeness (QED) is 0.529. The smallest absolute Gasteiger partial charge is 0.410 e. The van der Waals surface area contributed by atoms with Gasteiger partial charge < -0.3 is 14.6 Å². The minimum atomic E-state index is -0.723. The molecule has 1 N–H and O–H groups in total. The molecule has 2 atom stereocenters. The molecule has 37 heavy (non-hydrogen) atoms. The van der Waals surface area contributed by atoms with E-state index in [0.29, 0.717) is 19.4 Å². The molecular formula is C28H32N4O4S. The third kappa shape index (κ3) is 6.20. The fourth-order valence-corrected chi connectivity index (χ4v) is 5.44. The fraction of sp³-hybridized carbons (Fsp3) is 0.429. The summed E-state index contributed by atoms with van der Waals surface area (Å²) in [7, 11) is 1.77. The number of carbonyl (C=O) groups excluding carboxylic acids is 2. The molecule has 1 aliphatic rings. The highest BCUT2D eigenvalue weighted by atomic mass is 32.1. The number of rotatable bonds is 5. The summed E-state index contributed by atoms with van der Waals surface area (Å²) in [6.45, 7) is 5.84. The van der Waals surface area contributed by atoms with Gasteiger partial charge in [-0.1, -0.05) is 41.7 Å². The van der Waals surface area contributed by atoms with E-state index < -0.39 is 23.8 Å². The van der Waals surface area contributed by atoms with Crippen molar-refractivity contribution in [3.05, 3.63) is 57.7 Å². The molecular weight excluding hydrogens is 488 g/mol. The van der Waals surface area contributed by atoms with Crippen molar-refractivity contribution in [3.8, 4) is 17.2 Å². The summed E-state index contributed by atoms with van der Waals surface area (Å²) >= 11 is 1.22. The predicted molar refractivity (Wildman–Crippen MR) is 144 cm³/mol. The Balaban J connectivity index is 1.42. The van der Waals surface area contributed by atoms with Crippen LogP contribution in [0.4, 0.5) is 4.79 Å². The van der Waals surface area contributed by atoms with E-state index in [4.69, 9.17) is 4.74 Å².